The number of piperazine rings is 1. The maximum Gasteiger partial charge on any atom is 0.353 e. The van der Waals surface area contributed by atoms with Crippen LogP contribution in [-0.2, 0) is 14.8 Å². The number of carbonyl (C=O) groups excluding carboxylic acids is 2. The van der Waals surface area contributed by atoms with E-state index in [1.165, 1.54) is 24.3 Å². The molecule has 1 unspecified atom stereocenters. The molecule has 1 saturated heterocycles. The van der Waals surface area contributed by atoms with Crippen molar-refractivity contribution in [2.45, 2.75) is 4.90 Å². The molecule has 0 saturated carbocycles. The number of hydrogen-bond acceptors (Lipinski definition) is 6. The van der Waals surface area contributed by atoms with Crippen molar-refractivity contribution >= 4 is 44.2 Å². The zero-order valence-electron chi connectivity index (χ0n) is 18.9. The van der Waals surface area contributed by atoms with Crippen LogP contribution < -0.4 is 0 Å². The van der Waals surface area contributed by atoms with Crippen molar-refractivity contribution in [3.8, 4) is 11.1 Å². The van der Waals surface area contributed by atoms with Crippen molar-refractivity contribution in [3.63, 3.8) is 0 Å². The monoisotopic (exact) mass is 521 g/mol. The summed E-state index contributed by atoms with van der Waals surface area (Å²) in [4.78, 5) is 29.9. The first-order valence-electron chi connectivity index (χ1n) is 11.1. The van der Waals surface area contributed by atoms with Gasteiger partial charge in [0.1, 0.15) is 13.1 Å². The van der Waals surface area contributed by atoms with Crippen molar-refractivity contribution in [1.82, 2.24) is 9.29 Å². The third kappa shape index (κ3) is 4.32. The SMILES string of the molecule is O=C1CN(S(=O)(=O)c2ccc3cc(Cl)ccc3c2)CC[N+]1([O-])C(=O)c1ccc(-c2ccncc2)cc1. The number of quaternary nitrogens is 1. The van der Waals surface area contributed by atoms with E-state index in [1.807, 2.05) is 12.1 Å². The maximum absolute atomic E-state index is 13.3. The summed E-state index contributed by atoms with van der Waals surface area (Å²) in [6, 6.07) is 19.6. The van der Waals surface area contributed by atoms with Gasteiger partial charge >= 0.3 is 11.8 Å². The number of carbonyl (C=O) groups is 2. The average molecular weight is 522 g/mol. The number of hydroxylamine groups is 3. The number of nitrogens with zero attached hydrogens (tertiary/aromatic N) is 3. The number of amides is 2. The molecule has 5 rings (SSSR count). The third-order valence-electron chi connectivity index (χ3n) is 6.26. The van der Waals surface area contributed by atoms with Crippen LogP contribution in [0.5, 0.6) is 0 Å². The molecule has 8 nitrogen and oxygen atoms in total. The van der Waals surface area contributed by atoms with Crippen molar-refractivity contribution in [2.75, 3.05) is 19.6 Å². The van der Waals surface area contributed by atoms with Crippen molar-refractivity contribution in [3.05, 3.63) is 101 Å². The molecule has 4 aromatic rings. The molecule has 2 heterocycles. The second-order valence-corrected chi connectivity index (χ2v) is 10.8. The average Bonchev–Trinajstić information content (AvgIpc) is 2.90. The van der Waals surface area contributed by atoms with Gasteiger partial charge in [-0.05, 0) is 70.4 Å². The van der Waals surface area contributed by atoms with Gasteiger partial charge in [-0.2, -0.15) is 4.31 Å². The molecule has 1 aromatic heterocycles. The number of rotatable bonds is 4. The highest BCUT2D eigenvalue weighted by atomic mass is 35.5. The summed E-state index contributed by atoms with van der Waals surface area (Å²) >= 11 is 5.99. The van der Waals surface area contributed by atoms with Crippen molar-refractivity contribution < 1.29 is 22.7 Å². The predicted octanol–water partition coefficient (Wildman–Crippen LogP) is 4.24. The minimum atomic E-state index is -4.06. The minimum Gasteiger partial charge on any atom is -0.617 e. The van der Waals surface area contributed by atoms with Crippen LogP contribution >= 0.6 is 11.6 Å². The van der Waals surface area contributed by atoms with Crippen LogP contribution in [0.2, 0.25) is 5.02 Å². The highest BCUT2D eigenvalue weighted by Crippen LogP contribution is 2.28. The number of halogens is 1. The molecule has 10 heteroatoms. The summed E-state index contributed by atoms with van der Waals surface area (Å²) in [5, 5.41) is 15.3. The van der Waals surface area contributed by atoms with E-state index >= 15 is 0 Å². The highest BCUT2D eigenvalue weighted by molar-refractivity contribution is 7.89. The fourth-order valence-electron chi connectivity index (χ4n) is 4.20. The molecule has 0 spiro atoms. The summed E-state index contributed by atoms with van der Waals surface area (Å²) in [7, 11) is -4.06. The Balaban J connectivity index is 1.35. The largest absolute Gasteiger partial charge is 0.617 e. The normalized spacial score (nSPS) is 18.9. The Labute approximate surface area is 212 Å². The molecule has 3 aromatic carbocycles. The van der Waals surface area contributed by atoms with Gasteiger partial charge in [-0.3, -0.25) is 4.98 Å². The number of aromatic nitrogens is 1. The van der Waals surface area contributed by atoms with Crippen LogP contribution in [-0.4, -0.2) is 53.8 Å². The molecule has 2 amide bonds. The fraction of sp³-hybridized carbons (Fsp3) is 0.115. The predicted molar refractivity (Wildman–Crippen MR) is 135 cm³/mol. The van der Waals surface area contributed by atoms with Gasteiger partial charge in [-0.1, -0.05) is 35.9 Å². The van der Waals surface area contributed by atoms with E-state index in [-0.39, 0.29) is 17.0 Å². The van der Waals surface area contributed by atoms with E-state index in [1.54, 1.807) is 48.8 Å². The second kappa shape index (κ2) is 9.20. The lowest BCUT2D eigenvalue weighted by molar-refractivity contribution is -0.722. The van der Waals surface area contributed by atoms with Crippen LogP contribution in [0.15, 0.2) is 90.1 Å². The van der Waals surface area contributed by atoms with Gasteiger partial charge in [0.05, 0.1) is 17.0 Å². The van der Waals surface area contributed by atoms with Gasteiger partial charge in [0.25, 0.3) is 0 Å². The first-order valence-corrected chi connectivity index (χ1v) is 12.9. The Bertz CT molecular complexity index is 1590. The van der Waals surface area contributed by atoms with Gasteiger partial charge in [-0.25, -0.2) is 22.7 Å². The molecule has 0 radical (unpaired) electrons. The molecular weight excluding hydrogens is 502 g/mol. The first-order chi connectivity index (χ1) is 17.2. The molecular formula is C26H20ClN3O5S. The fourth-order valence-corrected chi connectivity index (χ4v) is 5.80. The number of pyridine rings is 1. The molecule has 1 aliphatic heterocycles. The van der Waals surface area contributed by atoms with Gasteiger partial charge < -0.3 is 5.21 Å². The lowest BCUT2D eigenvalue weighted by Gasteiger charge is -2.42. The molecule has 1 atom stereocenters. The van der Waals surface area contributed by atoms with Crippen LogP contribution in [0, 0.1) is 5.21 Å². The molecule has 182 valence electrons. The number of imide groups is 1. The second-order valence-electron chi connectivity index (χ2n) is 8.47. The third-order valence-corrected chi connectivity index (χ3v) is 8.34. The van der Waals surface area contributed by atoms with Crippen molar-refractivity contribution in [2.24, 2.45) is 0 Å². The zero-order chi connectivity index (χ0) is 25.5. The smallest absolute Gasteiger partial charge is 0.353 e. The van der Waals surface area contributed by atoms with Crippen molar-refractivity contribution in [1.29, 1.82) is 0 Å². The van der Waals surface area contributed by atoms with Crippen LogP contribution in [0.3, 0.4) is 0 Å². The molecule has 36 heavy (non-hydrogen) atoms. The van der Waals surface area contributed by atoms with Gasteiger partial charge in [0.15, 0.2) is 0 Å². The van der Waals surface area contributed by atoms with Crippen LogP contribution in [0.25, 0.3) is 21.9 Å². The number of sulfonamides is 1. The summed E-state index contributed by atoms with van der Waals surface area (Å²) < 4.78 is 25.6. The molecule has 1 fully saturated rings. The van der Waals surface area contributed by atoms with E-state index in [0.717, 1.165) is 20.8 Å². The van der Waals surface area contributed by atoms with E-state index in [2.05, 4.69) is 4.98 Å². The van der Waals surface area contributed by atoms with Gasteiger partial charge in [0, 0.05) is 17.4 Å². The van der Waals surface area contributed by atoms with Gasteiger partial charge in [0.2, 0.25) is 10.0 Å². The Hall–Kier alpha value is -3.47. The molecule has 0 bridgehead atoms. The van der Waals surface area contributed by atoms with E-state index in [0.29, 0.717) is 10.4 Å². The molecule has 0 N–H and O–H groups in total. The topological polar surface area (TPSA) is 107 Å². The van der Waals surface area contributed by atoms with E-state index < -0.39 is 39.6 Å². The lowest BCUT2D eigenvalue weighted by Crippen LogP contribution is -2.63. The Morgan fingerprint density at radius 3 is 2.25 bits per heavy atom. The highest BCUT2D eigenvalue weighted by Gasteiger charge is 2.45. The summed E-state index contributed by atoms with van der Waals surface area (Å²) in [5.74, 6) is -1.94. The Morgan fingerprint density at radius 2 is 1.56 bits per heavy atom. The number of fused-ring (bicyclic) bond motifs is 1. The van der Waals surface area contributed by atoms with Gasteiger partial charge in [-0.15, -0.1) is 0 Å². The first kappa shape index (κ1) is 24.2. The Morgan fingerprint density at radius 1 is 0.917 bits per heavy atom. The minimum absolute atomic E-state index is 0.00551. The van der Waals surface area contributed by atoms with Crippen LogP contribution in [0.1, 0.15) is 10.4 Å². The molecule has 1 aliphatic rings. The standard InChI is InChI=1S/C26H20ClN3O5S/c27-23-7-5-22-16-24(8-6-21(22)15-23)36(34,35)29-13-14-30(33,25(31)17-29)26(32)20-3-1-18(2-4-20)19-9-11-28-12-10-19/h1-12,15-16H,13-14,17H2. The summed E-state index contributed by atoms with van der Waals surface area (Å²) in [6.07, 6.45) is 3.29. The zero-order valence-corrected chi connectivity index (χ0v) is 20.4. The Kier molecular flexibility index (Phi) is 6.19. The summed E-state index contributed by atoms with van der Waals surface area (Å²) in [5.41, 5.74) is 1.80. The quantitative estimate of drug-likeness (QED) is 0.226. The van der Waals surface area contributed by atoms with E-state index in [4.69, 9.17) is 11.6 Å². The lowest BCUT2D eigenvalue weighted by atomic mass is 10.0. The summed E-state index contributed by atoms with van der Waals surface area (Å²) in [6.45, 7) is -1.46. The molecule has 0 aliphatic carbocycles. The van der Waals surface area contributed by atoms with E-state index in [9.17, 15) is 23.2 Å². The number of hydrogen-bond donors (Lipinski definition) is 0. The maximum atomic E-state index is 13.3. The number of benzene rings is 3. The van der Waals surface area contributed by atoms with Crippen LogP contribution in [0.4, 0.5) is 0 Å².